The van der Waals surface area contributed by atoms with Crippen molar-refractivity contribution in [3.63, 3.8) is 0 Å². The van der Waals surface area contributed by atoms with Gasteiger partial charge in [0.25, 0.3) is 0 Å². The van der Waals surface area contributed by atoms with E-state index in [2.05, 4.69) is 0 Å². The second-order valence-corrected chi connectivity index (χ2v) is 2.39. The van der Waals surface area contributed by atoms with Crippen molar-refractivity contribution in [3.8, 4) is 0 Å². The molecule has 1 aromatic rings. The Kier molecular flexibility index (Phi) is 1.87. The Morgan fingerprint density at radius 2 is 1.33 bits per heavy atom. The summed E-state index contributed by atoms with van der Waals surface area (Å²) in [6.07, 6.45) is 0. The van der Waals surface area contributed by atoms with E-state index in [0.29, 0.717) is 0 Å². The summed E-state index contributed by atoms with van der Waals surface area (Å²) >= 11 is 0. The summed E-state index contributed by atoms with van der Waals surface area (Å²) in [5, 5.41) is 0. The Morgan fingerprint density at radius 1 is 0.833 bits per heavy atom. The molecule has 0 atom stereocenters. The minimum atomic E-state index is -1.58. The zero-order chi connectivity index (χ0) is 9.46. The molecule has 0 aliphatic carbocycles. The van der Waals surface area contributed by atoms with Crippen LogP contribution in [0.3, 0.4) is 0 Å². The first-order valence-corrected chi connectivity index (χ1v) is 3.14. The van der Waals surface area contributed by atoms with Crippen LogP contribution in [0.4, 0.5) is 24.5 Å². The minimum absolute atomic E-state index is 0.175. The second-order valence-electron chi connectivity index (χ2n) is 2.39. The fourth-order valence-corrected chi connectivity index (χ4v) is 0.818. The lowest BCUT2D eigenvalue weighted by atomic mass is 10.1. The van der Waals surface area contributed by atoms with Crippen LogP contribution in [0.25, 0.3) is 0 Å². The largest absolute Gasteiger partial charge is 0.397 e. The summed E-state index contributed by atoms with van der Waals surface area (Å²) in [5.41, 5.74) is 9.24. The normalized spacial score (nSPS) is 10.3. The molecule has 5 heteroatoms. The van der Waals surface area contributed by atoms with E-state index in [9.17, 15) is 13.2 Å². The molecule has 0 unspecified atom stereocenters. The molecule has 0 radical (unpaired) electrons. The zero-order valence-electron chi connectivity index (χ0n) is 6.29. The summed E-state index contributed by atoms with van der Waals surface area (Å²) in [7, 11) is 0. The molecule has 1 aromatic carbocycles. The van der Waals surface area contributed by atoms with Gasteiger partial charge in [0.1, 0.15) is 0 Å². The molecule has 0 aliphatic rings. The number of hydrogen-bond acceptors (Lipinski definition) is 2. The fraction of sp³-hybridized carbons (Fsp3) is 0.143. The van der Waals surface area contributed by atoms with Crippen LogP contribution in [0.2, 0.25) is 0 Å². The van der Waals surface area contributed by atoms with Crippen molar-refractivity contribution in [2.45, 2.75) is 6.92 Å². The molecule has 0 fully saturated rings. The van der Waals surface area contributed by atoms with Crippen LogP contribution in [0.1, 0.15) is 5.56 Å². The van der Waals surface area contributed by atoms with Gasteiger partial charge in [-0.2, -0.15) is 0 Å². The summed E-state index contributed by atoms with van der Waals surface area (Å²) < 4.78 is 37.8. The zero-order valence-corrected chi connectivity index (χ0v) is 6.29. The molecule has 0 saturated carbocycles. The molecule has 0 spiro atoms. The Labute approximate surface area is 67.0 Å². The third-order valence-corrected chi connectivity index (χ3v) is 1.65. The lowest BCUT2D eigenvalue weighted by Crippen LogP contribution is -2.06. The monoisotopic (exact) mass is 176 g/mol. The number of benzene rings is 1. The Balaban J connectivity index is 3.60. The highest BCUT2D eigenvalue weighted by Crippen LogP contribution is 2.28. The molecular formula is C7H7F3N2. The smallest absolute Gasteiger partial charge is 0.196 e. The predicted octanol–water partition coefficient (Wildman–Crippen LogP) is 1.58. The molecule has 66 valence electrons. The van der Waals surface area contributed by atoms with Crippen molar-refractivity contribution in [3.05, 3.63) is 23.0 Å². The van der Waals surface area contributed by atoms with Crippen molar-refractivity contribution >= 4 is 11.4 Å². The van der Waals surface area contributed by atoms with E-state index in [4.69, 9.17) is 11.5 Å². The Hall–Kier alpha value is -1.39. The van der Waals surface area contributed by atoms with Gasteiger partial charge in [-0.3, -0.25) is 0 Å². The molecule has 12 heavy (non-hydrogen) atoms. The lowest BCUT2D eigenvalue weighted by molar-refractivity contribution is 0.447. The Bertz CT molecular complexity index is 231. The SMILES string of the molecule is Cc1c(N)c(N)c(F)c(F)c1F. The van der Waals surface area contributed by atoms with Gasteiger partial charge in [0, 0.05) is 5.56 Å². The van der Waals surface area contributed by atoms with E-state index < -0.39 is 23.1 Å². The molecule has 0 aromatic heterocycles. The second kappa shape index (κ2) is 2.58. The molecular weight excluding hydrogens is 169 g/mol. The molecule has 0 aliphatic heterocycles. The summed E-state index contributed by atoms with van der Waals surface area (Å²) in [4.78, 5) is 0. The van der Waals surface area contributed by atoms with Gasteiger partial charge < -0.3 is 11.5 Å². The molecule has 0 amide bonds. The van der Waals surface area contributed by atoms with E-state index in [1.54, 1.807) is 0 Å². The average Bonchev–Trinajstić information content (AvgIpc) is 2.08. The quantitative estimate of drug-likeness (QED) is 0.465. The van der Waals surface area contributed by atoms with Crippen molar-refractivity contribution in [1.82, 2.24) is 0 Å². The van der Waals surface area contributed by atoms with Gasteiger partial charge >= 0.3 is 0 Å². The molecule has 4 N–H and O–H groups in total. The molecule has 0 heterocycles. The third kappa shape index (κ3) is 0.975. The molecule has 0 saturated heterocycles. The molecule has 2 nitrogen and oxygen atoms in total. The van der Waals surface area contributed by atoms with Crippen LogP contribution >= 0.6 is 0 Å². The van der Waals surface area contributed by atoms with E-state index >= 15 is 0 Å². The first kappa shape index (κ1) is 8.70. The maximum Gasteiger partial charge on any atom is 0.196 e. The van der Waals surface area contributed by atoms with Crippen molar-refractivity contribution in [2.75, 3.05) is 11.5 Å². The van der Waals surface area contributed by atoms with Crippen molar-refractivity contribution < 1.29 is 13.2 Å². The van der Waals surface area contributed by atoms with Crippen LogP contribution in [0.15, 0.2) is 0 Å². The molecule has 1 rings (SSSR count). The highest BCUT2D eigenvalue weighted by atomic mass is 19.2. The van der Waals surface area contributed by atoms with Gasteiger partial charge in [-0.1, -0.05) is 0 Å². The van der Waals surface area contributed by atoms with Crippen LogP contribution < -0.4 is 11.5 Å². The topological polar surface area (TPSA) is 52.0 Å². The standard InChI is InChI=1S/C7H7F3N2/c1-2-3(8)4(9)5(10)7(12)6(2)11/h11-12H2,1H3. The summed E-state index contributed by atoms with van der Waals surface area (Å²) in [6, 6.07) is 0. The summed E-state index contributed by atoms with van der Waals surface area (Å²) in [6.45, 7) is 1.23. The number of nitrogens with two attached hydrogens (primary N) is 2. The van der Waals surface area contributed by atoms with E-state index in [-0.39, 0.29) is 11.3 Å². The van der Waals surface area contributed by atoms with Crippen LogP contribution in [0, 0.1) is 24.4 Å². The van der Waals surface area contributed by atoms with Crippen LogP contribution in [-0.2, 0) is 0 Å². The predicted molar refractivity (Wildman–Crippen MR) is 39.9 cm³/mol. The highest BCUT2D eigenvalue weighted by Gasteiger charge is 2.18. The van der Waals surface area contributed by atoms with Gasteiger partial charge in [0.2, 0.25) is 0 Å². The fourth-order valence-electron chi connectivity index (χ4n) is 0.818. The van der Waals surface area contributed by atoms with Crippen LogP contribution in [0.5, 0.6) is 0 Å². The van der Waals surface area contributed by atoms with E-state index in [1.165, 1.54) is 6.92 Å². The maximum absolute atomic E-state index is 12.7. The first-order valence-electron chi connectivity index (χ1n) is 3.14. The van der Waals surface area contributed by atoms with Gasteiger partial charge in [0.15, 0.2) is 17.5 Å². The Morgan fingerprint density at radius 3 is 1.83 bits per heavy atom. The number of hydrogen-bond donors (Lipinski definition) is 2. The van der Waals surface area contributed by atoms with E-state index in [0.717, 1.165) is 0 Å². The average molecular weight is 176 g/mol. The number of rotatable bonds is 0. The maximum atomic E-state index is 12.7. The number of nitrogen functional groups attached to an aromatic ring is 2. The van der Waals surface area contributed by atoms with Gasteiger partial charge in [-0.15, -0.1) is 0 Å². The number of halogens is 3. The highest BCUT2D eigenvalue weighted by molar-refractivity contribution is 5.68. The molecule has 0 bridgehead atoms. The minimum Gasteiger partial charge on any atom is -0.397 e. The van der Waals surface area contributed by atoms with E-state index in [1.807, 2.05) is 0 Å². The lowest BCUT2D eigenvalue weighted by Gasteiger charge is -2.07. The first-order chi connectivity index (χ1) is 5.46. The van der Waals surface area contributed by atoms with Crippen molar-refractivity contribution in [2.24, 2.45) is 0 Å². The van der Waals surface area contributed by atoms with Gasteiger partial charge in [-0.05, 0) is 6.92 Å². The third-order valence-electron chi connectivity index (χ3n) is 1.65. The van der Waals surface area contributed by atoms with Gasteiger partial charge in [-0.25, -0.2) is 13.2 Å². The number of anilines is 2. The van der Waals surface area contributed by atoms with Crippen LogP contribution in [-0.4, -0.2) is 0 Å². The summed E-state index contributed by atoms with van der Waals surface area (Å²) in [5.74, 6) is -4.31. The van der Waals surface area contributed by atoms with Crippen molar-refractivity contribution in [1.29, 1.82) is 0 Å². The van der Waals surface area contributed by atoms with Gasteiger partial charge in [0.05, 0.1) is 11.4 Å².